The summed E-state index contributed by atoms with van der Waals surface area (Å²) in [5, 5.41) is 12.0. The van der Waals surface area contributed by atoms with Crippen molar-refractivity contribution in [2.45, 2.75) is 39.7 Å². The molecule has 0 aromatic heterocycles. The van der Waals surface area contributed by atoms with Crippen LogP contribution in [-0.2, 0) is 9.59 Å². The van der Waals surface area contributed by atoms with Gasteiger partial charge in [-0.15, -0.1) is 0 Å². The Labute approximate surface area is 109 Å². The molecule has 0 aliphatic carbocycles. The van der Waals surface area contributed by atoms with E-state index in [2.05, 4.69) is 5.32 Å². The molecular formula is C13H24N2O3. The van der Waals surface area contributed by atoms with E-state index < -0.39 is 0 Å². The van der Waals surface area contributed by atoms with Gasteiger partial charge in [0.2, 0.25) is 11.8 Å². The second-order valence-corrected chi connectivity index (χ2v) is 5.32. The molecular weight excluding hydrogens is 232 g/mol. The van der Waals surface area contributed by atoms with Crippen molar-refractivity contribution >= 4 is 11.8 Å². The number of aliphatic hydroxyl groups is 1. The second kappa shape index (κ2) is 6.73. The van der Waals surface area contributed by atoms with Gasteiger partial charge in [0.1, 0.15) is 0 Å². The van der Waals surface area contributed by atoms with Crippen molar-refractivity contribution < 1.29 is 14.7 Å². The van der Waals surface area contributed by atoms with E-state index in [4.69, 9.17) is 5.11 Å². The van der Waals surface area contributed by atoms with Crippen molar-refractivity contribution in [3.8, 4) is 0 Å². The van der Waals surface area contributed by atoms with E-state index in [-0.39, 0.29) is 30.4 Å². The lowest BCUT2D eigenvalue weighted by Crippen LogP contribution is -2.43. The summed E-state index contributed by atoms with van der Waals surface area (Å²) in [5.74, 6) is 0.229. The Kier molecular flexibility index (Phi) is 5.59. The quantitative estimate of drug-likeness (QED) is 0.747. The molecule has 2 unspecified atom stereocenters. The fourth-order valence-electron chi connectivity index (χ4n) is 2.27. The van der Waals surface area contributed by atoms with E-state index in [0.717, 1.165) is 6.42 Å². The van der Waals surface area contributed by atoms with Crippen LogP contribution in [0.25, 0.3) is 0 Å². The van der Waals surface area contributed by atoms with Crippen molar-refractivity contribution in [3.05, 3.63) is 0 Å². The van der Waals surface area contributed by atoms with Crippen molar-refractivity contribution in [1.29, 1.82) is 0 Å². The molecule has 0 bridgehead atoms. The van der Waals surface area contributed by atoms with E-state index in [9.17, 15) is 9.59 Å². The lowest BCUT2D eigenvalue weighted by atomic mass is 9.99. The highest BCUT2D eigenvalue weighted by Gasteiger charge is 2.30. The molecule has 104 valence electrons. The molecule has 2 atom stereocenters. The highest BCUT2D eigenvalue weighted by atomic mass is 16.3. The number of nitrogens with one attached hydrogen (secondary N) is 1. The highest BCUT2D eigenvalue weighted by molar-refractivity contribution is 5.81. The lowest BCUT2D eigenvalue weighted by molar-refractivity contribution is -0.128. The largest absolute Gasteiger partial charge is 0.396 e. The van der Waals surface area contributed by atoms with Crippen LogP contribution in [-0.4, -0.2) is 47.6 Å². The Morgan fingerprint density at radius 2 is 2.11 bits per heavy atom. The number of carbonyl (C=O) groups excluding carboxylic acids is 2. The van der Waals surface area contributed by atoms with Gasteiger partial charge in [0, 0.05) is 32.7 Å². The molecule has 0 aromatic rings. The first kappa shape index (κ1) is 15.0. The monoisotopic (exact) mass is 256 g/mol. The zero-order valence-corrected chi connectivity index (χ0v) is 11.5. The summed E-state index contributed by atoms with van der Waals surface area (Å²) in [7, 11) is 0. The summed E-state index contributed by atoms with van der Waals surface area (Å²) in [4.78, 5) is 25.0. The van der Waals surface area contributed by atoms with Crippen molar-refractivity contribution in [3.63, 3.8) is 0 Å². The number of aliphatic hydroxyl groups excluding tert-OH is 1. The molecule has 1 aliphatic rings. The number of nitrogens with zero attached hydrogens (tertiary/aromatic N) is 1. The fraction of sp³-hybridized carbons (Fsp3) is 0.846. The lowest BCUT2D eigenvalue weighted by Gasteiger charge is -2.23. The summed E-state index contributed by atoms with van der Waals surface area (Å²) >= 11 is 0. The fourth-order valence-corrected chi connectivity index (χ4v) is 2.27. The average Bonchev–Trinajstić information content (AvgIpc) is 2.77. The summed E-state index contributed by atoms with van der Waals surface area (Å²) < 4.78 is 0. The van der Waals surface area contributed by atoms with Crippen LogP contribution in [0.15, 0.2) is 0 Å². The van der Waals surface area contributed by atoms with Crippen molar-refractivity contribution in [2.24, 2.45) is 11.8 Å². The van der Waals surface area contributed by atoms with Gasteiger partial charge in [0.15, 0.2) is 0 Å². The number of hydrogen-bond donors (Lipinski definition) is 2. The first-order valence-corrected chi connectivity index (χ1v) is 6.62. The average molecular weight is 256 g/mol. The Morgan fingerprint density at radius 3 is 2.56 bits per heavy atom. The first-order chi connectivity index (χ1) is 8.45. The van der Waals surface area contributed by atoms with Crippen LogP contribution < -0.4 is 5.32 Å². The minimum Gasteiger partial charge on any atom is -0.396 e. The van der Waals surface area contributed by atoms with Crippen LogP contribution >= 0.6 is 0 Å². The maximum Gasteiger partial charge on any atom is 0.225 e. The van der Waals surface area contributed by atoms with E-state index >= 15 is 0 Å². The molecule has 1 aliphatic heterocycles. The van der Waals surface area contributed by atoms with Crippen LogP contribution in [0.4, 0.5) is 0 Å². The van der Waals surface area contributed by atoms with Gasteiger partial charge in [0.05, 0.1) is 5.92 Å². The number of amides is 2. The molecule has 1 heterocycles. The molecule has 5 nitrogen and oxygen atoms in total. The summed E-state index contributed by atoms with van der Waals surface area (Å²) in [6.07, 6.45) is 1.31. The topological polar surface area (TPSA) is 69.6 Å². The van der Waals surface area contributed by atoms with Gasteiger partial charge in [-0.2, -0.15) is 0 Å². The van der Waals surface area contributed by atoms with E-state index in [0.29, 0.717) is 25.4 Å². The molecule has 0 aromatic carbocycles. The summed E-state index contributed by atoms with van der Waals surface area (Å²) in [5.41, 5.74) is 0. The van der Waals surface area contributed by atoms with Crippen LogP contribution in [0.5, 0.6) is 0 Å². The standard InChI is InChI=1S/C13H24N2O3/c1-9(2)12(5-7-16)14-13(18)11-4-6-15(8-11)10(3)17/h9,11-12,16H,4-8H2,1-3H3,(H,14,18). The van der Waals surface area contributed by atoms with E-state index in [1.54, 1.807) is 4.90 Å². The smallest absolute Gasteiger partial charge is 0.225 e. The minimum absolute atomic E-state index is 0.00546. The number of likely N-dealkylation sites (tertiary alicyclic amines) is 1. The van der Waals surface area contributed by atoms with Crippen LogP contribution in [0.2, 0.25) is 0 Å². The van der Waals surface area contributed by atoms with Crippen molar-refractivity contribution in [1.82, 2.24) is 10.2 Å². The van der Waals surface area contributed by atoms with Crippen molar-refractivity contribution in [2.75, 3.05) is 19.7 Å². The van der Waals surface area contributed by atoms with Gasteiger partial charge >= 0.3 is 0 Å². The van der Waals surface area contributed by atoms with Gasteiger partial charge in [-0.05, 0) is 18.8 Å². The molecule has 1 rings (SSSR count). The number of hydrogen-bond acceptors (Lipinski definition) is 3. The number of rotatable bonds is 5. The van der Waals surface area contributed by atoms with Gasteiger partial charge in [0.25, 0.3) is 0 Å². The second-order valence-electron chi connectivity index (χ2n) is 5.32. The Bertz CT molecular complexity index is 305. The van der Waals surface area contributed by atoms with Crippen LogP contribution in [0, 0.1) is 11.8 Å². The van der Waals surface area contributed by atoms with Gasteiger partial charge in [-0.25, -0.2) is 0 Å². The molecule has 0 saturated carbocycles. The Balaban J connectivity index is 2.47. The maximum atomic E-state index is 12.1. The Morgan fingerprint density at radius 1 is 1.44 bits per heavy atom. The molecule has 2 amide bonds. The highest BCUT2D eigenvalue weighted by Crippen LogP contribution is 2.17. The van der Waals surface area contributed by atoms with Crippen LogP contribution in [0.3, 0.4) is 0 Å². The zero-order valence-electron chi connectivity index (χ0n) is 11.5. The van der Waals surface area contributed by atoms with E-state index in [1.165, 1.54) is 6.92 Å². The third-order valence-electron chi connectivity index (χ3n) is 3.58. The predicted octanol–water partition coefficient (Wildman–Crippen LogP) is 0.378. The van der Waals surface area contributed by atoms with Gasteiger partial charge in [-0.1, -0.05) is 13.8 Å². The summed E-state index contributed by atoms with van der Waals surface area (Å²) in [6, 6.07) is 0.00822. The minimum atomic E-state index is -0.103. The Hall–Kier alpha value is -1.10. The van der Waals surface area contributed by atoms with E-state index in [1.807, 2.05) is 13.8 Å². The molecule has 2 N–H and O–H groups in total. The third-order valence-corrected chi connectivity index (χ3v) is 3.58. The zero-order chi connectivity index (χ0) is 13.7. The molecule has 1 saturated heterocycles. The maximum absolute atomic E-state index is 12.1. The SMILES string of the molecule is CC(=O)N1CCC(C(=O)NC(CCO)C(C)C)C1. The van der Waals surface area contributed by atoms with Gasteiger partial charge < -0.3 is 15.3 Å². The van der Waals surface area contributed by atoms with Crippen LogP contribution in [0.1, 0.15) is 33.6 Å². The third kappa shape index (κ3) is 3.98. The van der Waals surface area contributed by atoms with Gasteiger partial charge in [-0.3, -0.25) is 9.59 Å². The molecule has 5 heteroatoms. The molecule has 0 spiro atoms. The first-order valence-electron chi connectivity index (χ1n) is 6.62. The molecule has 0 radical (unpaired) electrons. The normalized spacial score (nSPS) is 21.2. The molecule has 1 fully saturated rings. The predicted molar refractivity (Wildman–Crippen MR) is 68.8 cm³/mol. The summed E-state index contributed by atoms with van der Waals surface area (Å²) in [6.45, 7) is 6.84. The molecule has 18 heavy (non-hydrogen) atoms. The number of carbonyl (C=O) groups is 2.